The highest BCUT2D eigenvalue weighted by Gasteiger charge is 2.39. The maximum Gasteiger partial charge on any atom is 0.115 e. The third kappa shape index (κ3) is 1.36. The van der Waals surface area contributed by atoms with E-state index in [9.17, 15) is 5.11 Å². The summed E-state index contributed by atoms with van der Waals surface area (Å²) in [7, 11) is 0. The van der Waals surface area contributed by atoms with Crippen molar-refractivity contribution in [1.82, 2.24) is 5.32 Å². The summed E-state index contributed by atoms with van der Waals surface area (Å²) in [4.78, 5) is 0. The first-order valence-electron chi connectivity index (χ1n) is 5.73. The van der Waals surface area contributed by atoms with Crippen LogP contribution < -0.4 is 5.32 Å². The number of phenolic OH excluding ortho intramolecular Hbond substituents is 1. The van der Waals surface area contributed by atoms with Crippen LogP contribution in [0.3, 0.4) is 0 Å². The van der Waals surface area contributed by atoms with Gasteiger partial charge >= 0.3 is 0 Å². The Morgan fingerprint density at radius 3 is 3.20 bits per heavy atom. The predicted molar refractivity (Wildman–Crippen MR) is 60.2 cm³/mol. The van der Waals surface area contributed by atoms with Crippen LogP contribution in [0.2, 0.25) is 0 Å². The molecule has 2 atom stereocenters. The van der Waals surface area contributed by atoms with E-state index in [1.54, 1.807) is 0 Å². The molecule has 2 N–H and O–H groups in total. The molecule has 0 spiro atoms. The van der Waals surface area contributed by atoms with Crippen molar-refractivity contribution in [3.05, 3.63) is 29.3 Å². The average Bonchev–Trinajstić information content (AvgIpc) is 2.19. The molecular weight excluding hydrogens is 186 g/mol. The van der Waals surface area contributed by atoms with Crippen LogP contribution in [0.4, 0.5) is 0 Å². The zero-order chi connectivity index (χ0) is 10.5. The Hall–Kier alpha value is -1.02. The van der Waals surface area contributed by atoms with E-state index in [1.807, 2.05) is 12.1 Å². The van der Waals surface area contributed by atoms with Gasteiger partial charge in [0, 0.05) is 6.04 Å². The third-order valence-corrected chi connectivity index (χ3v) is 4.02. The molecule has 2 bridgehead atoms. The topological polar surface area (TPSA) is 32.3 Å². The van der Waals surface area contributed by atoms with Crippen molar-refractivity contribution in [3.8, 4) is 5.75 Å². The Kier molecular flexibility index (Phi) is 1.84. The van der Waals surface area contributed by atoms with Crippen molar-refractivity contribution in [1.29, 1.82) is 0 Å². The number of hydrogen-bond donors (Lipinski definition) is 2. The normalized spacial score (nSPS) is 33.5. The van der Waals surface area contributed by atoms with Gasteiger partial charge in [-0.05, 0) is 54.5 Å². The fourth-order valence-corrected chi connectivity index (χ4v) is 3.23. The predicted octanol–water partition coefficient (Wildman–Crippen LogP) is 1.96. The van der Waals surface area contributed by atoms with E-state index in [2.05, 4.69) is 18.3 Å². The fraction of sp³-hybridized carbons (Fsp3) is 0.538. The molecule has 3 rings (SSSR count). The molecule has 1 unspecified atom stereocenters. The molecule has 80 valence electrons. The summed E-state index contributed by atoms with van der Waals surface area (Å²) in [6, 6.07) is 6.50. The van der Waals surface area contributed by atoms with Crippen LogP contribution in [0.25, 0.3) is 0 Å². The van der Waals surface area contributed by atoms with E-state index in [0.29, 0.717) is 11.8 Å². The summed E-state index contributed by atoms with van der Waals surface area (Å²) >= 11 is 0. The molecule has 1 aliphatic carbocycles. The van der Waals surface area contributed by atoms with Crippen molar-refractivity contribution in [2.45, 2.75) is 37.6 Å². The van der Waals surface area contributed by atoms with Gasteiger partial charge in [-0.1, -0.05) is 13.0 Å². The lowest BCUT2D eigenvalue weighted by molar-refractivity contribution is 0.248. The Bertz CT molecular complexity index is 402. The fourth-order valence-electron chi connectivity index (χ4n) is 3.23. The molecule has 0 aromatic heterocycles. The molecule has 1 aromatic carbocycles. The highest BCUT2D eigenvalue weighted by Crippen LogP contribution is 2.42. The van der Waals surface area contributed by atoms with E-state index in [0.717, 1.165) is 13.0 Å². The van der Waals surface area contributed by atoms with E-state index in [4.69, 9.17) is 0 Å². The molecule has 1 fully saturated rings. The second-order valence-electron chi connectivity index (χ2n) is 5.21. The minimum absolute atomic E-state index is 0.280. The van der Waals surface area contributed by atoms with Crippen molar-refractivity contribution in [2.24, 2.45) is 0 Å². The molecule has 2 nitrogen and oxygen atoms in total. The first-order chi connectivity index (χ1) is 7.17. The van der Waals surface area contributed by atoms with Gasteiger partial charge in [-0.15, -0.1) is 0 Å². The number of hydrogen-bond acceptors (Lipinski definition) is 2. The molecule has 2 aliphatic rings. The minimum atomic E-state index is 0.280. The lowest BCUT2D eigenvalue weighted by Crippen LogP contribution is -2.49. The number of aromatic hydroxyl groups is 1. The van der Waals surface area contributed by atoms with Crippen LogP contribution in [-0.2, 0) is 11.8 Å². The number of fused-ring (bicyclic) bond motifs is 4. The summed E-state index contributed by atoms with van der Waals surface area (Å²) in [5, 5.41) is 13.2. The molecule has 1 saturated heterocycles. The quantitative estimate of drug-likeness (QED) is 0.675. The monoisotopic (exact) mass is 203 g/mol. The van der Waals surface area contributed by atoms with Gasteiger partial charge in [0.25, 0.3) is 0 Å². The molecule has 0 amide bonds. The zero-order valence-electron chi connectivity index (χ0n) is 9.09. The van der Waals surface area contributed by atoms with E-state index in [-0.39, 0.29) is 5.41 Å². The van der Waals surface area contributed by atoms with Gasteiger partial charge < -0.3 is 10.4 Å². The van der Waals surface area contributed by atoms with Crippen molar-refractivity contribution >= 4 is 0 Å². The second-order valence-corrected chi connectivity index (χ2v) is 5.21. The summed E-state index contributed by atoms with van der Waals surface area (Å²) in [6.07, 6.45) is 3.51. The number of phenols is 1. The number of nitrogens with one attached hydrogen (secondary N) is 1. The maximum absolute atomic E-state index is 9.58. The highest BCUT2D eigenvalue weighted by molar-refractivity contribution is 5.43. The van der Waals surface area contributed by atoms with Crippen LogP contribution in [0.15, 0.2) is 18.2 Å². The van der Waals surface area contributed by atoms with Crippen molar-refractivity contribution < 1.29 is 5.11 Å². The molecule has 1 aliphatic heterocycles. The van der Waals surface area contributed by atoms with E-state index < -0.39 is 0 Å². The summed E-state index contributed by atoms with van der Waals surface area (Å²) < 4.78 is 0. The van der Waals surface area contributed by atoms with Gasteiger partial charge in [0.05, 0.1) is 0 Å². The molecule has 0 saturated carbocycles. The number of rotatable bonds is 0. The van der Waals surface area contributed by atoms with Gasteiger partial charge in [-0.25, -0.2) is 0 Å². The lowest BCUT2D eigenvalue weighted by atomic mass is 9.66. The highest BCUT2D eigenvalue weighted by atomic mass is 16.3. The average molecular weight is 203 g/mol. The van der Waals surface area contributed by atoms with E-state index >= 15 is 0 Å². The summed E-state index contributed by atoms with van der Waals surface area (Å²) in [5.41, 5.74) is 3.07. The first kappa shape index (κ1) is 9.22. The minimum Gasteiger partial charge on any atom is -0.508 e. The maximum atomic E-state index is 9.58. The summed E-state index contributed by atoms with van der Waals surface area (Å²) in [5.74, 6) is 0.409. The largest absolute Gasteiger partial charge is 0.508 e. The molecule has 1 aromatic rings. The number of benzene rings is 1. The first-order valence-corrected chi connectivity index (χ1v) is 5.73. The number of piperidine rings is 1. The van der Waals surface area contributed by atoms with Crippen LogP contribution in [0.1, 0.15) is 30.9 Å². The van der Waals surface area contributed by atoms with Gasteiger partial charge in [0.15, 0.2) is 0 Å². The molecular formula is C13H17NO. The Labute approximate surface area is 90.3 Å². The van der Waals surface area contributed by atoms with Gasteiger partial charge in [0.2, 0.25) is 0 Å². The third-order valence-electron chi connectivity index (χ3n) is 4.02. The Morgan fingerprint density at radius 1 is 1.47 bits per heavy atom. The van der Waals surface area contributed by atoms with Gasteiger partial charge in [-0.3, -0.25) is 0 Å². The molecule has 1 heterocycles. The lowest BCUT2D eigenvalue weighted by Gasteiger charge is -2.45. The SMILES string of the molecule is CC12CCN[C@H](Cc3ccc(O)cc31)C2. The second kappa shape index (κ2) is 2.99. The van der Waals surface area contributed by atoms with Crippen LogP contribution in [0, 0.1) is 0 Å². The standard InChI is InChI=1S/C13H17NO/c1-13-4-5-14-10(8-13)6-9-2-3-11(15)7-12(9)13/h2-3,7,10,14-15H,4-6,8H2,1H3/t10-,13?/m1/s1. The Morgan fingerprint density at radius 2 is 2.33 bits per heavy atom. The smallest absolute Gasteiger partial charge is 0.115 e. The van der Waals surface area contributed by atoms with Crippen molar-refractivity contribution in [3.63, 3.8) is 0 Å². The van der Waals surface area contributed by atoms with Crippen LogP contribution in [-0.4, -0.2) is 17.7 Å². The van der Waals surface area contributed by atoms with Gasteiger partial charge in [0.1, 0.15) is 5.75 Å². The van der Waals surface area contributed by atoms with Crippen LogP contribution in [0.5, 0.6) is 5.75 Å². The zero-order valence-corrected chi connectivity index (χ0v) is 9.09. The molecule has 0 radical (unpaired) electrons. The molecule has 15 heavy (non-hydrogen) atoms. The van der Waals surface area contributed by atoms with Crippen molar-refractivity contribution in [2.75, 3.05) is 6.54 Å². The van der Waals surface area contributed by atoms with Gasteiger partial charge in [-0.2, -0.15) is 0 Å². The molecule has 2 heteroatoms. The van der Waals surface area contributed by atoms with Crippen LogP contribution >= 0.6 is 0 Å². The Balaban J connectivity index is 2.14. The van der Waals surface area contributed by atoms with E-state index in [1.165, 1.54) is 24.0 Å². The summed E-state index contributed by atoms with van der Waals surface area (Å²) in [6.45, 7) is 3.44.